The summed E-state index contributed by atoms with van der Waals surface area (Å²) in [5, 5.41) is 5.11. The Bertz CT molecular complexity index is 1620. The highest BCUT2D eigenvalue weighted by Gasteiger charge is 2.42. The maximum atomic E-state index is 13.4. The molecular weight excluding hydrogens is 473 g/mol. The van der Waals surface area contributed by atoms with E-state index < -0.39 is 11.7 Å². The standard InChI is InChI=1S/C25H19F3N6O2/c1-35-23-18(12-31-24(32-23)36-2)20-10-17(22-29-6-7-34(22)33-20)16-9-15(16)14-8-13-4-3-5-19(25(26,27)28)21(13)30-11-14/h3-8,10-12,15-16H,9H2,1-2H3/t15-,16+/m0/s1. The molecule has 6 rings (SSSR count). The number of hydrogen-bond acceptors (Lipinski definition) is 7. The van der Waals surface area contributed by atoms with E-state index in [-0.39, 0.29) is 23.4 Å². The third-order valence-electron chi connectivity index (χ3n) is 6.43. The molecule has 1 aliphatic rings. The van der Waals surface area contributed by atoms with Gasteiger partial charge in [0.25, 0.3) is 0 Å². The summed E-state index contributed by atoms with van der Waals surface area (Å²) >= 11 is 0. The van der Waals surface area contributed by atoms with Gasteiger partial charge in [-0.15, -0.1) is 0 Å². The lowest BCUT2D eigenvalue weighted by atomic mass is 10.0. The van der Waals surface area contributed by atoms with Crippen molar-refractivity contribution in [3.8, 4) is 23.1 Å². The summed E-state index contributed by atoms with van der Waals surface area (Å²) in [6.07, 6.45) is 2.93. The van der Waals surface area contributed by atoms with E-state index in [1.54, 1.807) is 41.4 Å². The highest BCUT2D eigenvalue weighted by atomic mass is 19.4. The molecule has 0 unspecified atom stereocenters. The van der Waals surface area contributed by atoms with Crippen LogP contribution in [-0.2, 0) is 6.18 Å². The summed E-state index contributed by atoms with van der Waals surface area (Å²) in [6, 6.07) is 8.05. The van der Waals surface area contributed by atoms with Gasteiger partial charge in [0, 0.05) is 35.7 Å². The van der Waals surface area contributed by atoms with Gasteiger partial charge in [-0.3, -0.25) is 4.98 Å². The van der Waals surface area contributed by atoms with E-state index >= 15 is 0 Å². The van der Waals surface area contributed by atoms with E-state index in [1.807, 2.05) is 6.07 Å². The number of para-hydroxylation sites is 1. The molecule has 1 aromatic carbocycles. The molecule has 11 heteroatoms. The Balaban J connectivity index is 1.39. The van der Waals surface area contributed by atoms with Crippen LogP contribution in [0.2, 0.25) is 0 Å². The molecule has 0 spiro atoms. The topological polar surface area (TPSA) is 87.3 Å². The maximum Gasteiger partial charge on any atom is 0.418 e. The van der Waals surface area contributed by atoms with Crippen molar-refractivity contribution in [1.82, 2.24) is 29.5 Å². The number of halogens is 3. The van der Waals surface area contributed by atoms with Gasteiger partial charge in [-0.2, -0.15) is 23.3 Å². The van der Waals surface area contributed by atoms with Crippen LogP contribution in [0.25, 0.3) is 27.8 Å². The minimum atomic E-state index is -4.46. The summed E-state index contributed by atoms with van der Waals surface area (Å²) in [4.78, 5) is 17.1. The van der Waals surface area contributed by atoms with Gasteiger partial charge >= 0.3 is 12.2 Å². The number of methoxy groups -OCH3 is 2. The van der Waals surface area contributed by atoms with Crippen molar-refractivity contribution in [1.29, 1.82) is 0 Å². The van der Waals surface area contributed by atoms with Crippen LogP contribution in [0.4, 0.5) is 13.2 Å². The Morgan fingerprint density at radius 1 is 1.00 bits per heavy atom. The zero-order chi connectivity index (χ0) is 25.0. The molecule has 1 saturated carbocycles. The molecular formula is C25H19F3N6O2. The lowest BCUT2D eigenvalue weighted by Crippen LogP contribution is -2.06. The number of ether oxygens (including phenoxy) is 2. The SMILES string of the molecule is COc1ncc(-c2cc([C@@H]3C[C@H]3c3cnc4c(C(F)(F)F)cccc4c3)c3nccn3n2)c(OC)n1. The van der Waals surface area contributed by atoms with Crippen LogP contribution in [0, 0.1) is 0 Å². The zero-order valence-corrected chi connectivity index (χ0v) is 19.2. The van der Waals surface area contributed by atoms with Crippen molar-refractivity contribution < 1.29 is 22.6 Å². The number of aromatic nitrogens is 6. The minimum Gasteiger partial charge on any atom is -0.480 e. The van der Waals surface area contributed by atoms with Crippen molar-refractivity contribution in [3.05, 3.63) is 71.8 Å². The smallest absolute Gasteiger partial charge is 0.418 e. The molecule has 4 heterocycles. The third-order valence-corrected chi connectivity index (χ3v) is 6.43. The summed E-state index contributed by atoms with van der Waals surface area (Å²) < 4.78 is 52.4. The molecule has 0 aliphatic heterocycles. The Labute approximate surface area is 202 Å². The van der Waals surface area contributed by atoms with Crippen LogP contribution in [0.1, 0.15) is 34.9 Å². The number of imidazole rings is 1. The molecule has 4 aromatic heterocycles. The maximum absolute atomic E-state index is 13.4. The predicted molar refractivity (Wildman–Crippen MR) is 124 cm³/mol. The fraction of sp³-hybridized carbons (Fsp3) is 0.240. The van der Waals surface area contributed by atoms with Crippen LogP contribution in [0.15, 0.2) is 55.1 Å². The van der Waals surface area contributed by atoms with Gasteiger partial charge < -0.3 is 9.47 Å². The molecule has 36 heavy (non-hydrogen) atoms. The fourth-order valence-corrected chi connectivity index (χ4v) is 4.64. The van der Waals surface area contributed by atoms with Gasteiger partial charge in [-0.05, 0) is 42.0 Å². The highest BCUT2D eigenvalue weighted by molar-refractivity contribution is 5.83. The lowest BCUT2D eigenvalue weighted by Gasteiger charge is -2.11. The second-order valence-electron chi connectivity index (χ2n) is 8.55. The minimum absolute atomic E-state index is 0.0422. The number of hydrogen-bond donors (Lipinski definition) is 0. The number of pyridine rings is 1. The molecule has 0 amide bonds. The van der Waals surface area contributed by atoms with E-state index in [1.165, 1.54) is 20.3 Å². The van der Waals surface area contributed by atoms with Crippen LogP contribution in [-0.4, -0.2) is 43.8 Å². The van der Waals surface area contributed by atoms with Crippen molar-refractivity contribution in [2.45, 2.75) is 24.4 Å². The van der Waals surface area contributed by atoms with Gasteiger partial charge in [-0.1, -0.05) is 12.1 Å². The quantitative estimate of drug-likeness (QED) is 0.340. The van der Waals surface area contributed by atoms with Gasteiger partial charge in [0.15, 0.2) is 5.65 Å². The summed E-state index contributed by atoms with van der Waals surface area (Å²) in [5.41, 5.74) is 3.00. The number of fused-ring (bicyclic) bond motifs is 2. The van der Waals surface area contributed by atoms with E-state index in [0.717, 1.165) is 23.6 Å². The number of alkyl halides is 3. The first-order valence-electron chi connectivity index (χ1n) is 11.1. The molecule has 0 saturated heterocycles. The first-order chi connectivity index (χ1) is 17.4. The third kappa shape index (κ3) is 3.67. The number of nitrogens with zero attached hydrogens (tertiary/aromatic N) is 6. The Morgan fingerprint density at radius 2 is 1.86 bits per heavy atom. The normalized spacial score (nSPS) is 17.5. The highest BCUT2D eigenvalue weighted by Crippen LogP contribution is 2.56. The van der Waals surface area contributed by atoms with Crippen LogP contribution < -0.4 is 9.47 Å². The summed E-state index contributed by atoms with van der Waals surface area (Å²) in [5.74, 6) is 0.527. The molecule has 0 bridgehead atoms. The van der Waals surface area contributed by atoms with Gasteiger partial charge in [-0.25, -0.2) is 14.5 Å². The molecule has 0 N–H and O–H groups in total. The molecule has 1 aliphatic carbocycles. The fourth-order valence-electron chi connectivity index (χ4n) is 4.64. The van der Waals surface area contributed by atoms with Crippen LogP contribution >= 0.6 is 0 Å². The average Bonchev–Trinajstić information content (AvgIpc) is 3.54. The van der Waals surface area contributed by atoms with E-state index in [4.69, 9.17) is 9.47 Å². The van der Waals surface area contributed by atoms with Crippen molar-refractivity contribution in [3.63, 3.8) is 0 Å². The molecule has 182 valence electrons. The zero-order valence-electron chi connectivity index (χ0n) is 19.2. The lowest BCUT2D eigenvalue weighted by molar-refractivity contribution is -0.136. The monoisotopic (exact) mass is 492 g/mol. The van der Waals surface area contributed by atoms with Crippen molar-refractivity contribution in [2.24, 2.45) is 0 Å². The first-order valence-corrected chi connectivity index (χ1v) is 11.1. The molecule has 0 radical (unpaired) electrons. The van der Waals surface area contributed by atoms with Gasteiger partial charge in [0.05, 0.1) is 36.6 Å². The largest absolute Gasteiger partial charge is 0.480 e. The molecule has 8 nitrogen and oxygen atoms in total. The van der Waals surface area contributed by atoms with E-state index in [2.05, 4.69) is 25.0 Å². The second-order valence-corrected chi connectivity index (χ2v) is 8.55. The Morgan fingerprint density at radius 3 is 2.64 bits per heavy atom. The van der Waals surface area contributed by atoms with E-state index in [0.29, 0.717) is 28.2 Å². The number of rotatable bonds is 5. The Kier molecular flexibility index (Phi) is 5.02. The number of benzene rings is 1. The van der Waals surface area contributed by atoms with Crippen molar-refractivity contribution >= 4 is 16.6 Å². The molecule has 1 fully saturated rings. The predicted octanol–water partition coefficient (Wildman–Crippen LogP) is 5.04. The first kappa shape index (κ1) is 22.2. The second kappa shape index (κ2) is 8.14. The molecule has 2 atom stereocenters. The Hall–Kier alpha value is -4.28. The van der Waals surface area contributed by atoms with Crippen LogP contribution in [0.5, 0.6) is 11.9 Å². The van der Waals surface area contributed by atoms with Crippen LogP contribution in [0.3, 0.4) is 0 Å². The van der Waals surface area contributed by atoms with Gasteiger partial charge in [0.2, 0.25) is 5.88 Å². The van der Waals surface area contributed by atoms with E-state index in [9.17, 15) is 13.2 Å². The van der Waals surface area contributed by atoms with Gasteiger partial charge in [0.1, 0.15) is 0 Å². The summed E-state index contributed by atoms with van der Waals surface area (Å²) in [7, 11) is 2.98. The summed E-state index contributed by atoms with van der Waals surface area (Å²) in [6.45, 7) is 0. The van der Waals surface area contributed by atoms with Crippen molar-refractivity contribution in [2.75, 3.05) is 14.2 Å². The average molecular weight is 492 g/mol. The molecule has 5 aromatic rings.